The molecule has 2 heterocycles. The van der Waals surface area contributed by atoms with Gasteiger partial charge in [-0.3, -0.25) is 0 Å². The molecule has 4 N–H and O–H groups in total. The number of anilines is 2. The molecular weight excluding hydrogens is 364 g/mol. The Hall–Kier alpha value is -0.800. The van der Waals surface area contributed by atoms with Crippen LogP contribution in [0.4, 0.5) is 11.5 Å². The molecule has 0 aromatic carbocycles. The van der Waals surface area contributed by atoms with E-state index >= 15 is 0 Å². The van der Waals surface area contributed by atoms with Crippen LogP contribution >= 0.6 is 23.4 Å². The van der Waals surface area contributed by atoms with Crippen molar-refractivity contribution >= 4 is 34.9 Å². The maximum atomic E-state index is 9.67. The molecule has 25 heavy (non-hydrogen) atoms. The Morgan fingerprint density at radius 1 is 1.36 bits per heavy atom. The fourth-order valence-electron chi connectivity index (χ4n) is 3.37. The number of nitrogens with zero attached hydrogens (tertiary/aromatic N) is 2. The molecule has 1 aromatic rings. The number of nitrogens with one attached hydrogen (secondary N) is 1. The number of halogens is 1. The van der Waals surface area contributed by atoms with Gasteiger partial charge in [0, 0.05) is 18.3 Å². The van der Waals surface area contributed by atoms with Gasteiger partial charge in [-0.2, -0.15) is 0 Å². The number of nitrogens with two attached hydrogens (primary N) is 1. The zero-order chi connectivity index (χ0) is 18.2. The molecular formula is C16H25ClN4O3S. The average molecular weight is 389 g/mol. The quantitative estimate of drug-likeness (QED) is 0.388. The highest BCUT2D eigenvalue weighted by Crippen LogP contribution is 2.43. The van der Waals surface area contributed by atoms with Gasteiger partial charge in [0.15, 0.2) is 21.9 Å². The second kappa shape index (κ2) is 7.44. The highest BCUT2D eigenvalue weighted by Gasteiger charge is 2.53. The van der Waals surface area contributed by atoms with E-state index in [0.29, 0.717) is 23.1 Å². The van der Waals surface area contributed by atoms with Crippen LogP contribution in [0, 0.1) is 5.92 Å². The van der Waals surface area contributed by atoms with Crippen molar-refractivity contribution < 1.29 is 14.6 Å². The molecule has 2 fully saturated rings. The molecule has 1 saturated heterocycles. The lowest BCUT2D eigenvalue weighted by molar-refractivity contribution is -0.158. The first-order valence-electron chi connectivity index (χ1n) is 8.53. The third-order valence-corrected chi connectivity index (χ3v) is 5.79. The van der Waals surface area contributed by atoms with E-state index in [0.717, 1.165) is 12.2 Å². The zero-order valence-electron chi connectivity index (χ0n) is 14.7. The minimum absolute atomic E-state index is 0.0109. The molecule has 0 bridgehead atoms. The van der Waals surface area contributed by atoms with Crippen molar-refractivity contribution in [2.24, 2.45) is 5.92 Å². The number of ether oxygens (including phenoxy) is 2. The van der Waals surface area contributed by atoms with E-state index < -0.39 is 5.79 Å². The number of aromatic nitrogens is 2. The van der Waals surface area contributed by atoms with Gasteiger partial charge in [-0.1, -0.05) is 30.3 Å². The third-order valence-electron chi connectivity index (χ3n) is 4.45. The molecule has 2 aliphatic rings. The van der Waals surface area contributed by atoms with Crippen molar-refractivity contribution in [1.82, 2.24) is 9.97 Å². The Morgan fingerprint density at radius 2 is 2.08 bits per heavy atom. The van der Waals surface area contributed by atoms with Crippen LogP contribution in [0.2, 0.25) is 5.15 Å². The van der Waals surface area contributed by atoms with Gasteiger partial charge in [0.1, 0.15) is 11.8 Å². The Kier molecular flexibility index (Phi) is 5.65. The maximum Gasteiger partial charge on any atom is 0.191 e. The van der Waals surface area contributed by atoms with E-state index in [4.69, 9.17) is 26.8 Å². The van der Waals surface area contributed by atoms with E-state index in [-0.39, 0.29) is 35.9 Å². The molecule has 140 valence electrons. The Balaban J connectivity index is 1.80. The summed E-state index contributed by atoms with van der Waals surface area (Å²) in [6.45, 7) is 5.91. The van der Waals surface area contributed by atoms with Crippen LogP contribution in [0.1, 0.15) is 33.6 Å². The van der Waals surface area contributed by atoms with Gasteiger partial charge in [0.2, 0.25) is 0 Å². The summed E-state index contributed by atoms with van der Waals surface area (Å²) in [5, 5.41) is 13.9. The van der Waals surface area contributed by atoms with E-state index in [9.17, 15) is 5.11 Å². The normalized spacial score (nSPS) is 30.4. The number of aliphatic hydroxyl groups excluding tert-OH is 1. The summed E-state index contributed by atoms with van der Waals surface area (Å²) in [5.74, 6) is 0.761. The lowest BCUT2D eigenvalue weighted by atomic mass is 10.1. The molecule has 1 aliphatic carbocycles. The van der Waals surface area contributed by atoms with Crippen molar-refractivity contribution in [3.8, 4) is 0 Å². The fourth-order valence-corrected chi connectivity index (χ4v) is 4.29. The molecule has 3 rings (SSSR count). The fraction of sp³-hybridized carbons (Fsp3) is 0.750. The van der Waals surface area contributed by atoms with Crippen molar-refractivity contribution in [2.75, 3.05) is 23.4 Å². The lowest BCUT2D eigenvalue weighted by Crippen LogP contribution is -2.35. The van der Waals surface area contributed by atoms with E-state index in [1.807, 2.05) is 13.8 Å². The Bertz CT molecular complexity index is 634. The van der Waals surface area contributed by atoms with Crippen molar-refractivity contribution in [1.29, 1.82) is 0 Å². The van der Waals surface area contributed by atoms with Crippen LogP contribution in [0.15, 0.2) is 5.16 Å². The third kappa shape index (κ3) is 3.98. The van der Waals surface area contributed by atoms with E-state index in [1.165, 1.54) is 0 Å². The van der Waals surface area contributed by atoms with Gasteiger partial charge in [-0.15, -0.1) is 0 Å². The topological polar surface area (TPSA) is 103 Å². The summed E-state index contributed by atoms with van der Waals surface area (Å²) in [7, 11) is 0. The minimum Gasteiger partial charge on any atom is -0.396 e. The Labute approximate surface area is 157 Å². The molecule has 0 spiro atoms. The molecule has 4 atom stereocenters. The van der Waals surface area contributed by atoms with Gasteiger partial charge in [0.25, 0.3) is 0 Å². The summed E-state index contributed by atoms with van der Waals surface area (Å²) in [5.41, 5.74) is 6.39. The smallest absolute Gasteiger partial charge is 0.191 e. The predicted octanol–water partition coefficient (Wildman–Crippen LogP) is 2.53. The highest BCUT2D eigenvalue weighted by molar-refractivity contribution is 7.99. The maximum absolute atomic E-state index is 9.67. The lowest BCUT2D eigenvalue weighted by Gasteiger charge is -2.24. The van der Waals surface area contributed by atoms with Gasteiger partial charge in [-0.25, -0.2) is 9.97 Å². The van der Waals surface area contributed by atoms with Crippen LogP contribution in [0.25, 0.3) is 0 Å². The first-order chi connectivity index (χ1) is 11.8. The molecule has 1 saturated carbocycles. The van der Waals surface area contributed by atoms with Crippen LogP contribution in [0.3, 0.4) is 0 Å². The van der Waals surface area contributed by atoms with Crippen LogP contribution in [-0.4, -0.2) is 51.5 Å². The molecule has 0 unspecified atom stereocenters. The average Bonchev–Trinajstić information content (AvgIpc) is 3.03. The summed E-state index contributed by atoms with van der Waals surface area (Å²) in [6, 6.07) is -0.0683. The highest BCUT2D eigenvalue weighted by atomic mass is 35.5. The zero-order valence-corrected chi connectivity index (χ0v) is 16.2. The van der Waals surface area contributed by atoms with Crippen LogP contribution < -0.4 is 11.1 Å². The SMILES string of the molecule is CCCSc1nc(Cl)c(N)c(N[C@@H]2C[C@H](CO)[C@H]3OC(C)(C)O[C@H]32)n1. The number of fused-ring (bicyclic) bond motifs is 1. The van der Waals surface area contributed by atoms with Gasteiger partial charge in [0.05, 0.1) is 12.1 Å². The van der Waals surface area contributed by atoms with E-state index in [2.05, 4.69) is 22.2 Å². The first kappa shape index (κ1) is 19.0. The van der Waals surface area contributed by atoms with Crippen LogP contribution in [-0.2, 0) is 9.47 Å². The number of aliphatic hydroxyl groups is 1. The number of hydrogen-bond acceptors (Lipinski definition) is 8. The molecule has 9 heteroatoms. The first-order valence-corrected chi connectivity index (χ1v) is 9.89. The number of nitrogen functional groups attached to an aromatic ring is 1. The molecule has 1 aliphatic heterocycles. The van der Waals surface area contributed by atoms with Gasteiger partial charge < -0.3 is 25.6 Å². The standard InChI is InChI=1S/C16H25ClN4O3S/c1-4-5-25-15-20-13(17)10(18)14(21-15)19-9-6-8(7-22)11-12(9)24-16(2,3)23-11/h8-9,11-12,22H,4-7,18H2,1-3H3,(H,19,20,21)/t8-,9-,11-,12+/m1/s1. The van der Waals surface area contributed by atoms with Crippen molar-refractivity contribution in [3.63, 3.8) is 0 Å². The summed E-state index contributed by atoms with van der Waals surface area (Å²) in [4.78, 5) is 8.73. The molecule has 7 nitrogen and oxygen atoms in total. The molecule has 0 amide bonds. The van der Waals surface area contributed by atoms with Gasteiger partial charge in [-0.05, 0) is 26.7 Å². The molecule has 0 radical (unpaired) electrons. The van der Waals surface area contributed by atoms with Crippen LogP contribution in [0.5, 0.6) is 0 Å². The van der Waals surface area contributed by atoms with Gasteiger partial charge >= 0.3 is 0 Å². The summed E-state index contributed by atoms with van der Waals surface area (Å²) < 4.78 is 12.0. The minimum atomic E-state index is -0.667. The van der Waals surface area contributed by atoms with Crippen molar-refractivity contribution in [3.05, 3.63) is 5.15 Å². The summed E-state index contributed by atoms with van der Waals surface area (Å²) >= 11 is 7.71. The Morgan fingerprint density at radius 3 is 2.76 bits per heavy atom. The van der Waals surface area contributed by atoms with E-state index in [1.54, 1.807) is 11.8 Å². The number of hydrogen-bond donors (Lipinski definition) is 3. The summed E-state index contributed by atoms with van der Waals surface area (Å²) in [6.07, 6.45) is 1.40. The van der Waals surface area contributed by atoms with Crippen molar-refractivity contribution in [2.45, 2.75) is 62.8 Å². The number of rotatable bonds is 6. The largest absolute Gasteiger partial charge is 0.396 e. The second-order valence-corrected chi connectivity index (χ2v) is 8.32. The number of thioether (sulfide) groups is 1. The predicted molar refractivity (Wildman–Crippen MR) is 98.9 cm³/mol. The monoisotopic (exact) mass is 388 g/mol. The second-order valence-electron chi connectivity index (χ2n) is 6.90. The molecule has 1 aromatic heterocycles.